The van der Waals surface area contributed by atoms with Crippen LogP contribution in [0.5, 0.6) is 0 Å². The predicted octanol–water partition coefficient (Wildman–Crippen LogP) is 4.08. The lowest BCUT2D eigenvalue weighted by atomic mass is 10.1. The summed E-state index contributed by atoms with van der Waals surface area (Å²) in [6, 6.07) is 17.1. The molecule has 0 aliphatic heterocycles. The number of amides is 1. The van der Waals surface area contributed by atoms with Crippen molar-refractivity contribution < 1.29 is 14.3 Å². The highest BCUT2D eigenvalue weighted by molar-refractivity contribution is 7.13. The molecule has 0 aliphatic rings. The third-order valence-electron chi connectivity index (χ3n) is 4.21. The Bertz CT molecular complexity index is 1150. The second-order valence-electron chi connectivity index (χ2n) is 6.30. The molecule has 0 atom stereocenters. The summed E-state index contributed by atoms with van der Waals surface area (Å²) in [4.78, 5) is 32.8. The Kier molecular flexibility index (Phi) is 5.58. The molecular weight excluding hydrogens is 386 g/mol. The first-order valence-electron chi connectivity index (χ1n) is 8.97. The Morgan fingerprint density at radius 2 is 1.90 bits per heavy atom. The Labute approximate surface area is 171 Å². The molecule has 29 heavy (non-hydrogen) atoms. The molecule has 6 nitrogen and oxygen atoms in total. The average Bonchev–Trinajstić information content (AvgIpc) is 3.22. The van der Waals surface area contributed by atoms with Crippen molar-refractivity contribution >= 4 is 39.7 Å². The molecule has 0 saturated heterocycles. The van der Waals surface area contributed by atoms with Crippen LogP contribution >= 0.6 is 11.3 Å². The van der Waals surface area contributed by atoms with Crippen LogP contribution in [-0.2, 0) is 20.7 Å². The molecule has 4 rings (SSSR count). The van der Waals surface area contributed by atoms with Gasteiger partial charge in [0.05, 0.1) is 12.1 Å². The van der Waals surface area contributed by atoms with Crippen LogP contribution in [0.1, 0.15) is 5.69 Å². The Hall–Kier alpha value is -3.58. The standard InChI is InChI=1S/C22H17N3O3S/c26-20(25-19-9-3-6-15-5-1-2-8-18(15)19)13-28-21(27)11-17-14-29-22(24-17)16-7-4-10-23-12-16/h1-10,12,14H,11,13H2,(H,25,26). The number of carbonyl (C=O) groups is 2. The van der Waals surface area contributed by atoms with E-state index in [1.54, 1.807) is 17.8 Å². The van der Waals surface area contributed by atoms with E-state index in [1.807, 2.05) is 54.6 Å². The quantitative estimate of drug-likeness (QED) is 0.491. The van der Waals surface area contributed by atoms with Gasteiger partial charge >= 0.3 is 5.97 Å². The normalized spacial score (nSPS) is 10.6. The Morgan fingerprint density at radius 3 is 2.76 bits per heavy atom. The Balaban J connectivity index is 1.31. The van der Waals surface area contributed by atoms with Crippen LogP contribution < -0.4 is 5.32 Å². The maximum atomic E-state index is 12.2. The summed E-state index contributed by atoms with van der Waals surface area (Å²) < 4.78 is 5.11. The van der Waals surface area contributed by atoms with Crippen molar-refractivity contribution in [2.24, 2.45) is 0 Å². The van der Waals surface area contributed by atoms with Crippen molar-refractivity contribution in [2.75, 3.05) is 11.9 Å². The second kappa shape index (κ2) is 8.62. The van der Waals surface area contributed by atoms with E-state index in [2.05, 4.69) is 15.3 Å². The lowest BCUT2D eigenvalue weighted by molar-refractivity contribution is -0.146. The summed E-state index contributed by atoms with van der Waals surface area (Å²) in [6.07, 6.45) is 3.43. The number of anilines is 1. The van der Waals surface area contributed by atoms with E-state index in [9.17, 15) is 9.59 Å². The molecule has 0 spiro atoms. The summed E-state index contributed by atoms with van der Waals surface area (Å²) in [5, 5.41) is 7.34. The average molecular weight is 403 g/mol. The zero-order chi connectivity index (χ0) is 20.1. The molecule has 2 heterocycles. The fourth-order valence-electron chi connectivity index (χ4n) is 2.88. The molecule has 0 bridgehead atoms. The molecule has 144 valence electrons. The summed E-state index contributed by atoms with van der Waals surface area (Å²) in [5.41, 5.74) is 2.18. The molecule has 0 unspecified atom stereocenters. The highest BCUT2D eigenvalue weighted by atomic mass is 32.1. The fourth-order valence-corrected chi connectivity index (χ4v) is 3.69. The van der Waals surface area contributed by atoms with E-state index < -0.39 is 5.97 Å². The van der Waals surface area contributed by atoms with Crippen LogP contribution in [0.25, 0.3) is 21.3 Å². The molecule has 0 fully saturated rings. The number of nitrogens with one attached hydrogen (secondary N) is 1. The topological polar surface area (TPSA) is 81.2 Å². The van der Waals surface area contributed by atoms with E-state index >= 15 is 0 Å². The molecule has 0 radical (unpaired) electrons. The summed E-state index contributed by atoms with van der Waals surface area (Å²) in [6.45, 7) is -0.346. The first kappa shape index (κ1) is 18.8. The number of pyridine rings is 1. The zero-order valence-electron chi connectivity index (χ0n) is 15.4. The van der Waals surface area contributed by atoms with E-state index in [0.717, 1.165) is 21.3 Å². The van der Waals surface area contributed by atoms with Gasteiger partial charge in [0.15, 0.2) is 6.61 Å². The van der Waals surface area contributed by atoms with Gasteiger partial charge in [0, 0.05) is 34.4 Å². The number of thiazole rings is 1. The number of ether oxygens (including phenoxy) is 1. The van der Waals surface area contributed by atoms with Gasteiger partial charge in [0.2, 0.25) is 0 Å². The molecule has 4 aromatic rings. The highest BCUT2D eigenvalue weighted by Gasteiger charge is 2.13. The number of fused-ring (bicyclic) bond motifs is 1. The minimum absolute atomic E-state index is 0.0122. The number of carbonyl (C=O) groups excluding carboxylic acids is 2. The van der Waals surface area contributed by atoms with Crippen LogP contribution in [0, 0.1) is 0 Å². The van der Waals surface area contributed by atoms with Crippen molar-refractivity contribution in [1.82, 2.24) is 9.97 Å². The maximum Gasteiger partial charge on any atom is 0.312 e. The maximum absolute atomic E-state index is 12.2. The van der Waals surface area contributed by atoms with Gasteiger partial charge in [0.25, 0.3) is 5.91 Å². The largest absolute Gasteiger partial charge is 0.455 e. The first-order valence-corrected chi connectivity index (χ1v) is 9.85. The van der Waals surface area contributed by atoms with E-state index in [4.69, 9.17) is 4.74 Å². The van der Waals surface area contributed by atoms with Crippen LogP contribution in [0.4, 0.5) is 5.69 Å². The monoisotopic (exact) mass is 403 g/mol. The fraction of sp³-hybridized carbons (Fsp3) is 0.0909. The van der Waals surface area contributed by atoms with Crippen molar-refractivity contribution in [3.63, 3.8) is 0 Å². The second-order valence-corrected chi connectivity index (χ2v) is 7.16. The van der Waals surface area contributed by atoms with Gasteiger partial charge in [-0.1, -0.05) is 36.4 Å². The highest BCUT2D eigenvalue weighted by Crippen LogP contribution is 2.24. The number of esters is 1. The predicted molar refractivity (Wildman–Crippen MR) is 113 cm³/mol. The van der Waals surface area contributed by atoms with Gasteiger partial charge in [-0.3, -0.25) is 14.6 Å². The van der Waals surface area contributed by atoms with Gasteiger partial charge < -0.3 is 10.1 Å². The van der Waals surface area contributed by atoms with Crippen LogP contribution in [0.3, 0.4) is 0 Å². The Morgan fingerprint density at radius 1 is 1.03 bits per heavy atom. The van der Waals surface area contributed by atoms with Crippen LogP contribution in [0.15, 0.2) is 72.4 Å². The number of nitrogens with zero attached hydrogens (tertiary/aromatic N) is 2. The van der Waals surface area contributed by atoms with Gasteiger partial charge in [-0.05, 0) is 23.6 Å². The minimum Gasteiger partial charge on any atom is -0.455 e. The smallest absolute Gasteiger partial charge is 0.312 e. The summed E-state index contributed by atoms with van der Waals surface area (Å²) in [7, 11) is 0. The van der Waals surface area contributed by atoms with Gasteiger partial charge in [-0.2, -0.15) is 0 Å². The molecule has 2 aromatic heterocycles. The number of benzene rings is 2. The lowest BCUT2D eigenvalue weighted by Gasteiger charge is -2.09. The molecule has 0 aliphatic carbocycles. The first-order chi connectivity index (χ1) is 14.2. The van der Waals surface area contributed by atoms with Crippen molar-refractivity contribution in [3.05, 3.63) is 78.1 Å². The number of rotatable bonds is 6. The van der Waals surface area contributed by atoms with Crippen LogP contribution in [0.2, 0.25) is 0 Å². The molecule has 0 saturated carbocycles. The molecule has 1 amide bonds. The van der Waals surface area contributed by atoms with E-state index in [-0.39, 0.29) is 18.9 Å². The number of hydrogen-bond donors (Lipinski definition) is 1. The lowest BCUT2D eigenvalue weighted by Crippen LogP contribution is -2.21. The third kappa shape index (κ3) is 4.64. The molecule has 7 heteroatoms. The van der Waals surface area contributed by atoms with E-state index in [1.165, 1.54) is 11.3 Å². The van der Waals surface area contributed by atoms with Crippen molar-refractivity contribution in [3.8, 4) is 10.6 Å². The van der Waals surface area contributed by atoms with Crippen molar-refractivity contribution in [2.45, 2.75) is 6.42 Å². The third-order valence-corrected chi connectivity index (χ3v) is 5.15. The minimum atomic E-state index is -0.499. The summed E-state index contributed by atoms with van der Waals surface area (Å²) >= 11 is 1.43. The summed E-state index contributed by atoms with van der Waals surface area (Å²) in [5.74, 6) is -0.884. The number of hydrogen-bond acceptors (Lipinski definition) is 6. The molecule has 2 aromatic carbocycles. The van der Waals surface area contributed by atoms with E-state index in [0.29, 0.717) is 11.4 Å². The van der Waals surface area contributed by atoms with Crippen LogP contribution in [-0.4, -0.2) is 28.5 Å². The van der Waals surface area contributed by atoms with Gasteiger partial charge in [-0.15, -0.1) is 11.3 Å². The van der Waals surface area contributed by atoms with Gasteiger partial charge in [-0.25, -0.2) is 4.98 Å². The molecule has 1 N–H and O–H groups in total. The van der Waals surface area contributed by atoms with Gasteiger partial charge in [0.1, 0.15) is 5.01 Å². The van der Waals surface area contributed by atoms with Crippen molar-refractivity contribution in [1.29, 1.82) is 0 Å². The molecular formula is C22H17N3O3S. The number of aromatic nitrogens is 2. The zero-order valence-corrected chi connectivity index (χ0v) is 16.2. The SMILES string of the molecule is O=C(COC(=O)Cc1csc(-c2cccnc2)n1)Nc1cccc2ccccc12.